The maximum atomic E-state index is 10.9. The van der Waals surface area contributed by atoms with E-state index in [-0.39, 0.29) is 18.2 Å². The number of methoxy groups -OCH3 is 1. The summed E-state index contributed by atoms with van der Waals surface area (Å²) in [4.78, 5) is 10.9. The summed E-state index contributed by atoms with van der Waals surface area (Å²) in [5, 5.41) is 0. The molecule has 0 aliphatic carbocycles. The molecule has 1 aliphatic rings. The summed E-state index contributed by atoms with van der Waals surface area (Å²) in [6, 6.07) is 0. The van der Waals surface area contributed by atoms with E-state index in [0.717, 1.165) is 0 Å². The summed E-state index contributed by atoms with van der Waals surface area (Å²) in [6.45, 7) is 1.76. The molecule has 0 bridgehead atoms. The van der Waals surface area contributed by atoms with E-state index in [1.54, 1.807) is 14.0 Å². The number of Topliss-reactive ketones (excluding diaryl/α,β-unsaturated/α-hetero) is 1. The Hall–Kier alpha value is -0.410. The lowest BCUT2D eigenvalue weighted by Gasteiger charge is -2.25. The first-order chi connectivity index (χ1) is 4.74. The molecule has 1 fully saturated rings. The zero-order valence-electron chi connectivity index (χ0n) is 6.29. The van der Waals surface area contributed by atoms with E-state index in [1.807, 2.05) is 0 Å². The predicted octanol–water partition coefficient (Wildman–Crippen LogP) is 0.727. The lowest BCUT2D eigenvalue weighted by atomic mass is 10.1. The quantitative estimate of drug-likeness (QED) is 0.544. The maximum Gasteiger partial charge on any atom is 0.161 e. The van der Waals surface area contributed by atoms with Crippen LogP contribution in [0, 0.1) is 0 Å². The minimum atomic E-state index is -0.279. The van der Waals surface area contributed by atoms with Crippen LogP contribution < -0.4 is 0 Å². The van der Waals surface area contributed by atoms with Gasteiger partial charge in [0.25, 0.3) is 0 Å². The van der Waals surface area contributed by atoms with E-state index in [4.69, 9.17) is 9.47 Å². The molecule has 58 valence electrons. The molecule has 1 aliphatic heterocycles. The highest BCUT2D eigenvalue weighted by atomic mass is 16.7. The van der Waals surface area contributed by atoms with Gasteiger partial charge in [0.15, 0.2) is 12.1 Å². The fourth-order valence-electron chi connectivity index (χ4n) is 1.01. The summed E-state index contributed by atoms with van der Waals surface area (Å²) in [5.74, 6) is 0.174. The minimum Gasteiger partial charge on any atom is -0.356 e. The van der Waals surface area contributed by atoms with Crippen molar-refractivity contribution in [3.8, 4) is 0 Å². The van der Waals surface area contributed by atoms with Gasteiger partial charge in [0.2, 0.25) is 0 Å². The zero-order chi connectivity index (χ0) is 7.56. The molecule has 1 heterocycles. The van der Waals surface area contributed by atoms with Crippen LogP contribution in [0.25, 0.3) is 0 Å². The second-order valence-corrected chi connectivity index (χ2v) is 2.45. The van der Waals surface area contributed by atoms with Gasteiger partial charge >= 0.3 is 0 Å². The summed E-state index contributed by atoms with van der Waals surface area (Å²) < 4.78 is 10.1. The van der Waals surface area contributed by atoms with Gasteiger partial charge in [0, 0.05) is 20.0 Å². The van der Waals surface area contributed by atoms with Crippen molar-refractivity contribution in [3.05, 3.63) is 0 Å². The van der Waals surface area contributed by atoms with E-state index < -0.39 is 0 Å². The van der Waals surface area contributed by atoms with Gasteiger partial charge in [-0.3, -0.25) is 4.79 Å². The van der Waals surface area contributed by atoms with Crippen LogP contribution in [-0.4, -0.2) is 25.3 Å². The van der Waals surface area contributed by atoms with E-state index in [9.17, 15) is 4.79 Å². The lowest BCUT2D eigenvalue weighted by Crippen LogP contribution is -2.34. The van der Waals surface area contributed by atoms with Gasteiger partial charge in [-0.2, -0.15) is 0 Å². The Bertz CT molecular complexity index is 133. The SMILES string of the molecule is COC1CCC(=O)C(C)O1. The van der Waals surface area contributed by atoms with Crippen LogP contribution in [0.3, 0.4) is 0 Å². The molecule has 1 saturated heterocycles. The van der Waals surface area contributed by atoms with Crippen LogP contribution >= 0.6 is 0 Å². The number of hydrogen-bond donors (Lipinski definition) is 0. The number of carbonyl (C=O) groups is 1. The minimum absolute atomic E-state index is 0.173. The molecule has 0 saturated carbocycles. The van der Waals surface area contributed by atoms with Crippen molar-refractivity contribution in [1.29, 1.82) is 0 Å². The Morgan fingerprint density at radius 1 is 1.70 bits per heavy atom. The number of ether oxygens (including phenoxy) is 2. The summed E-state index contributed by atoms with van der Waals surface area (Å²) in [6.07, 6.45) is 0.825. The molecule has 0 spiro atoms. The zero-order valence-corrected chi connectivity index (χ0v) is 6.29. The maximum absolute atomic E-state index is 10.9. The largest absolute Gasteiger partial charge is 0.356 e. The third-order valence-corrected chi connectivity index (χ3v) is 1.70. The second kappa shape index (κ2) is 3.12. The van der Waals surface area contributed by atoms with Crippen molar-refractivity contribution in [2.24, 2.45) is 0 Å². The molecule has 10 heavy (non-hydrogen) atoms. The molecule has 3 heteroatoms. The average molecular weight is 144 g/mol. The number of rotatable bonds is 1. The van der Waals surface area contributed by atoms with Crippen LogP contribution in [0.15, 0.2) is 0 Å². The summed E-state index contributed by atoms with van der Waals surface area (Å²) in [7, 11) is 1.59. The van der Waals surface area contributed by atoms with Crippen molar-refractivity contribution in [1.82, 2.24) is 0 Å². The fourth-order valence-corrected chi connectivity index (χ4v) is 1.01. The molecular formula is C7H12O3. The Labute approximate surface area is 60.3 Å². The van der Waals surface area contributed by atoms with E-state index in [2.05, 4.69) is 0 Å². The van der Waals surface area contributed by atoms with Gasteiger partial charge in [0.1, 0.15) is 6.10 Å². The van der Waals surface area contributed by atoms with Gasteiger partial charge in [-0.15, -0.1) is 0 Å². The average Bonchev–Trinajstić information content (AvgIpc) is 1.95. The molecule has 1 rings (SSSR count). The summed E-state index contributed by atoms with van der Waals surface area (Å²) >= 11 is 0. The molecule has 0 aromatic carbocycles. The van der Waals surface area contributed by atoms with Crippen LogP contribution in [0.4, 0.5) is 0 Å². The smallest absolute Gasteiger partial charge is 0.161 e. The molecule has 0 amide bonds. The van der Waals surface area contributed by atoms with Crippen molar-refractivity contribution < 1.29 is 14.3 Å². The third-order valence-electron chi connectivity index (χ3n) is 1.70. The molecule has 2 atom stereocenters. The monoisotopic (exact) mass is 144 g/mol. The Balaban J connectivity index is 2.40. The fraction of sp³-hybridized carbons (Fsp3) is 0.857. The van der Waals surface area contributed by atoms with Crippen LogP contribution in [0.2, 0.25) is 0 Å². The molecule has 0 aromatic heterocycles. The third kappa shape index (κ3) is 1.55. The van der Waals surface area contributed by atoms with E-state index in [0.29, 0.717) is 12.8 Å². The Kier molecular flexibility index (Phi) is 2.40. The molecule has 0 N–H and O–H groups in total. The van der Waals surface area contributed by atoms with Crippen LogP contribution in [0.1, 0.15) is 19.8 Å². The highest BCUT2D eigenvalue weighted by Crippen LogP contribution is 2.15. The topological polar surface area (TPSA) is 35.5 Å². The van der Waals surface area contributed by atoms with Crippen molar-refractivity contribution in [2.45, 2.75) is 32.2 Å². The molecule has 0 radical (unpaired) electrons. The molecular weight excluding hydrogens is 132 g/mol. The van der Waals surface area contributed by atoms with Gasteiger partial charge in [-0.1, -0.05) is 0 Å². The highest BCUT2D eigenvalue weighted by Gasteiger charge is 2.25. The number of hydrogen-bond acceptors (Lipinski definition) is 3. The lowest BCUT2D eigenvalue weighted by molar-refractivity contribution is -0.182. The molecule has 2 unspecified atom stereocenters. The van der Waals surface area contributed by atoms with Crippen molar-refractivity contribution >= 4 is 5.78 Å². The first-order valence-corrected chi connectivity index (χ1v) is 3.45. The highest BCUT2D eigenvalue weighted by molar-refractivity contribution is 5.83. The van der Waals surface area contributed by atoms with Gasteiger partial charge < -0.3 is 9.47 Å². The van der Waals surface area contributed by atoms with E-state index >= 15 is 0 Å². The van der Waals surface area contributed by atoms with Gasteiger partial charge in [-0.25, -0.2) is 0 Å². The first-order valence-electron chi connectivity index (χ1n) is 3.45. The molecule has 0 aromatic rings. The second-order valence-electron chi connectivity index (χ2n) is 2.45. The van der Waals surface area contributed by atoms with Crippen LogP contribution in [-0.2, 0) is 14.3 Å². The predicted molar refractivity (Wildman–Crippen MR) is 35.6 cm³/mol. The Morgan fingerprint density at radius 3 is 2.90 bits per heavy atom. The van der Waals surface area contributed by atoms with E-state index in [1.165, 1.54) is 0 Å². The first kappa shape index (κ1) is 7.69. The Morgan fingerprint density at radius 2 is 2.40 bits per heavy atom. The normalized spacial score (nSPS) is 34.4. The van der Waals surface area contributed by atoms with Gasteiger partial charge in [-0.05, 0) is 6.92 Å². The van der Waals surface area contributed by atoms with Gasteiger partial charge in [0.05, 0.1) is 0 Å². The molecule has 3 nitrogen and oxygen atoms in total. The standard InChI is InChI=1S/C7H12O3/c1-5-6(8)3-4-7(9-2)10-5/h5,7H,3-4H2,1-2H3. The number of carbonyl (C=O) groups excluding carboxylic acids is 1. The summed E-state index contributed by atoms with van der Waals surface area (Å²) in [5.41, 5.74) is 0. The van der Waals surface area contributed by atoms with Crippen LogP contribution in [0.5, 0.6) is 0 Å². The van der Waals surface area contributed by atoms with Crippen molar-refractivity contribution in [3.63, 3.8) is 0 Å². The van der Waals surface area contributed by atoms with Crippen molar-refractivity contribution in [2.75, 3.05) is 7.11 Å². The number of ketones is 1.